The van der Waals surface area contributed by atoms with Gasteiger partial charge in [-0.25, -0.2) is 4.39 Å². The van der Waals surface area contributed by atoms with Gasteiger partial charge in [0.1, 0.15) is 11.1 Å². The summed E-state index contributed by atoms with van der Waals surface area (Å²) in [5.41, 5.74) is 3.63. The molecule has 0 saturated heterocycles. The third kappa shape index (κ3) is 6.11. The molecule has 0 heterocycles. The fourth-order valence-electron chi connectivity index (χ4n) is 3.42. The average Bonchev–Trinajstić information content (AvgIpc) is 2.83. The molecule has 0 bridgehead atoms. The van der Waals surface area contributed by atoms with Gasteiger partial charge in [-0.05, 0) is 72.6 Å². The van der Waals surface area contributed by atoms with E-state index in [1.807, 2.05) is 79.7 Å². The lowest BCUT2D eigenvalue weighted by molar-refractivity contribution is -0.115. The van der Waals surface area contributed by atoms with Gasteiger partial charge in [0, 0.05) is 21.8 Å². The maximum absolute atomic E-state index is 13.3. The van der Waals surface area contributed by atoms with E-state index in [0.717, 1.165) is 21.7 Å². The van der Waals surface area contributed by atoms with Gasteiger partial charge >= 0.3 is 0 Å². The van der Waals surface area contributed by atoms with E-state index in [1.54, 1.807) is 6.07 Å². The molecular formula is C28H23FN2O2S. The number of aryl methyl sites for hydroxylation is 1. The molecule has 34 heavy (non-hydrogen) atoms. The van der Waals surface area contributed by atoms with Gasteiger partial charge in [-0.1, -0.05) is 48.5 Å². The highest BCUT2D eigenvalue weighted by Gasteiger charge is 2.22. The summed E-state index contributed by atoms with van der Waals surface area (Å²) in [5, 5.41) is 5.35. The topological polar surface area (TPSA) is 58.2 Å². The molecule has 6 heteroatoms. The van der Waals surface area contributed by atoms with Crippen LogP contribution in [-0.2, 0) is 4.79 Å². The summed E-state index contributed by atoms with van der Waals surface area (Å²) in [6.07, 6.45) is 0. The van der Waals surface area contributed by atoms with E-state index >= 15 is 0 Å². The van der Waals surface area contributed by atoms with Crippen LogP contribution in [0.3, 0.4) is 0 Å². The van der Waals surface area contributed by atoms with Gasteiger partial charge in [-0.15, -0.1) is 11.8 Å². The molecule has 0 aliphatic carbocycles. The molecule has 1 atom stereocenters. The molecule has 0 radical (unpaired) electrons. The molecule has 0 saturated carbocycles. The molecular weight excluding hydrogens is 447 g/mol. The number of carbonyl (C=O) groups excluding carboxylic acids is 2. The minimum Gasteiger partial charge on any atom is -0.325 e. The van der Waals surface area contributed by atoms with Crippen molar-refractivity contribution in [3.63, 3.8) is 0 Å². The predicted molar refractivity (Wildman–Crippen MR) is 136 cm³/mol. The Bertz CT molecular complexity index is 1290. The van der Waals surface area contributed by atoms with Crippen LogP contribution in [0.2, 0.25) is 0 Å². The molecule has 2 amide bonds. The largest absolute Gasteiger partial charge is 0.325 e. The van der Waals surface area contributed by atoms with Gasteiger partial charge in [-0.3, -0.25) is 9.59 Å². The normalized spacial score (nSPS) is 11.5. The van der Waals surface area contributed by atoms with Crippen LogP contribution in [0.25, 0.3) is 0 Å². The summed E-state index contributed by atoms with van der Waals surface area (Å²) >= 11 is 1.40. The van der Waals surface area contributed by atoms with E-state index in [9.17, 15) is 14.0 Å². The summed E-state index contributed by atoms with van der Waals surface area (Å²) in [6, 6.07) is 29.9. The Morgan fingerprint density at radius 3 is 2.15 bits per heavy atom. The van der Waals surface area contributed by atoms with Crippen LogP contribution in [0.5, 0.6) is 0 Å². The second kappa shape index (κ2) is 10.8. The summed E-state index contributed by atoms with van der Waals surface area (Å²) in [5.74, 6) is -0.868. The lowest BCUT2D eigenvalue weighted by Crippen LogP contribution is -2.19. The first-order valence-corrected chi connectivity index (χ1v) is 11.6. The van der Waals surface area contributed by atoms with E-state index in [2.05, 4.69) is 10.6 Å². The Kier molecular flexibility index (Phi) is 7.40. The van der Waals surface area contributed by atoms with Gasteiger partial charge in [0.15, 0.2) is 0 Å². The van der Waals surface area contributed by atoms with Gasteiger partial charge < -0.3 is 10.6 Å². The first-order chi connectivity index (χ1) is 16.5. The van der Waals surface area contributed by atoms with Crippen LogP contribution >= 0.6 is 11.8 Å². The lowest BCUT2D eigenvalue weighted by Gasteiger charge is -2.18. The molecule has 0 spiro atoms. The lowest BCUT2D eigenvalue weighted by atomic mass is 10.1. The maximum atomic E-state index is 13.3. The van der Waals surface area contributed by atoms with Crippen molar-refractivity contribution in [3.8, 4) is 0 Å². The third-order valence-corrected chi connectivity index (χ3v) is 6.33. The molecule has 4 nitrogen and oxygen atoms in total. The number of anilines is 2. The number of hydrogen-bond acceptors (Lipinski definition) is 3. The zero-order valence-corrected chi connectivity index (χ0v) is 19.3. The monoisotopic (exact) mass is 470 g/mol. The minimum atomic E-state index is -0.496. The van der Waals surface area contributed by atoms with E-state index in [4.69, 9.17) is 0 Å². The van der Waals surface area contributed by atoms with Crippen molar-refractivity contribution in [2.24, 2.45) is 0 Å². The van der Waals surface area contributed by atoms with Crippen molar-refractivity contribution < 1.29 is 14.0 Å². The molecule has 0 fully saturated rings. The summed E-state index contributed by atoms with van der Waals surface area (Å²) in [7, 11) is 0. The number of nitrogens with one attached hydrogen (secondary N) is 2. The molecule has 0 aliphatic heterocycles. The number of thioether (sulfide) groups is 1. The second-order valence-electron chi connectivity index (χ2n) is 7.76. The number of benzene rings is 4. The van der Waals surface area contributed by atoms with E-state index in [0.29, 0.717) is 11.3 Å². The average molecular weight is 471 g/mol. The van der Waals surface area contributed by atoms with Crippen LogP contribution in [0.4, 0.5) is 15.8 Å². The molecule has 0 aromatic heterocycles. The highest BCUT2D eigenvalue weighted by atomic mass is 32.2. The van der Waals surface area contributed by atoms with Crippen molar-refractivity contribution in [1.29, 1.82) is 0 Å². The Hall–Kier alpha value is -3.90. The van der Waals surface area contributed by atoms with Gasteiger partial charge in [0.2, 0.25) is 5.91 Å². The number of hydrogen-bond donors (Lipinski definition) is 2. The smallest absolute Gasteiger partial charge is 0.255 e. The number of carbonyl (C=O) groups is 2. The summed E-state index contributed by atoms with van der Waals surface area (Å²) in [6.45, 7) is 1.98. The van der Waals surface area contributed by atoms with Gasteiger partial charge in [-0.2, -0.15) is 0 Å². The second-order valence-corrected chi connectivity index (χ2v) is 8.93. The summed E-state index contributed by atoms with van der Waals surface area (Å²) < 4.78 is 13.1. The molecule has 4 rings (SSSR count). The van der Waals surface area contributed by atoms with Crippen molar-refractivity contribution in [2.45, 2.75) is 17.1 Å². The number of amides is 2. The molecule has 0 aliphatic rings. The van der Waals surface area contributed by atoms with E-state index in [-0.39, 0.29) is 11.8 Å². The first-order valence-electron chi connectivity index (χ1n) is 10.7. The van der Waals surface area contributed by atoms with Crippen molar-refractivity contribution >= 4 is 35.0 Å². The van der Waals surface area contributed by atoms with Crippen LogP contribution in [0, 0.1) is 12.7 Å². The highest BCUT2D eigenvalue weighted by molar-refractivity contribution is 8.00. The molecule has 170 valence electrons. The third-order valence-electron chi connectivity index (χ3n) is 5.08. The quantitative estimate of drug-likeness (QED) is 0.290. The molecule has 4 aromatic rings. The molecule has 4 aromatic carbocycles. The Morgan fingerprint density at radius 2 is 1.44 bits per heavy atom. The van der Waals surface area contributed by atoms with Gasteiger partial charge in [0.25, 0.3) is 5.91 Å². The van der Waals surface area contributed by atoms with Crippen LogP contribution in [0.1, 0.15) is 26.7 Å². The van der Waals surface area contributed by atoms with Crippen molar-refractivity contribution in [1.82, 2.24) is 0 Å². The summed E-state index contributed by atoms with van der Waals surface area (Å²) in [4.78, 5) is 26.6. The Labute approximate surface area is 202 Å². The van der Waals surface area contributed by atoms with Gasteiger partial charge in [0.05, 0.1) is 0 Å². The number of rotatable bonds is 7. The first kappa shape index (κ1) is 23.3. The minimum absolute atomic E-state index is 0.137. The Morgan fingerprint density at radius 1 is 0.765 bits per heavy atom. The van der Waals surface area contributed by atoms with Crippen LogP contribution < -0.4 is 10.6 Å². The predicted octanol–water partition coefficient (Wildman–Crippen LogP) is 6.86. The zero-order chi connectivity index (χ0) is 23.9. The van der Waals surface area contributed by atoms with Crippen molar-refractivity contribution in [2.75, 3.05) is 10.6 Å². The standard InChI is InChI=1S/C28H23FN2O2S/c1-19-7-5-10-23(17-19)31-28(33)26(20-8-3-2-4-9-20)34-25-12-6-11-24(18-25)30-27(32)21-13-15-22(29)16-14-21/h2-18,26H,1H3,(H,30,32)(H,31,33). The molecule has 2 N–H and O–H groups in total. The maximum Gasteiger partial charge on any atom is 0.255 e. The van der Waals surface area contributed by atoms with Crippen LogP contribution in [0.15, 0.2) is 108 Å². The van der Waals surface area contributed by atoms with Crippen LogP contribution in [-0.4, -0.2) is 11.8 Å². The SMILES string of the molecule is Cc1cccc(NC(=O)C(Sc2cccc(NC(=O)c3ccc(F)cc3)c2)c2ccccc2)c1. The zero-order valence-electron chi connectivity index (χ0n) is 18.5. The highest BCUT2D eigenvalue weighted by Crippen LogP contribution is 2.37. The van der Waals surface area contributed by atoms with E-state index < -0.39 is 11.1 Å². The van der Waals surface area contributed by atoms with Crippen molar-refractivity contribution in [3.05, 3.63) is 126 Å². The number of halogens is 1. The Balaban J connectivity index is 1.53. The molecule has 1 unspecified atom stereocenters. The fraction of sp³-hybridized carbons (Fsp3) is 0.0714. The fourth-order valence-corrected chi connectivity index (χ4v) is 4.50. The van der Waals surface area contributed by atoms with E-state index in [1.165, 1.54) is 36.0 Å².